The van der Waals surface area contributed by atoms with Gasteiger partial charge < -0.3 is 10.1 Å². The fourth-order valence-corrected chi connectivity index (χ4v) is 2.23. The molecule has 0 amide bonds. The van der Waals surface area contributed by atoms with Crippen LogP contribution in [0.25, 0.3) is 0 Å². The standard InChI is InChI=1S/C12H24N2O/c1-10(14(2)12-3-4-12)7-13-8-11-5-6-15-9-11/h10-13H,3-9H2,1-2H3. The molecule has 1 aliphatic carbocycles. The molecule has 1 aliphatic heterocycles. The first kappa shape index (κ1) is 11.4. The SMILES string of the molecule is CC(CNCC1CCOC1)N(C)C1CC1. The molecule has 2 rings (SSSR count). The third kappa shape index (κ3) is 3.44. The average molecular weight is 212 g/mol. The van der Waals surface area contributed by atoms with Gasteiger partial charge in [0.1, 0.15) is 0 Å². The third-order valence-electron chi connectivity index (χ3n) is 3.71. The molecule has 1 N–H and O–H groups in total. The van der Waals surface area contributed by atoms with Crippen LogP contribution >= 0.6 is 0 Å². The zero-order valence-corrected chi connectivity index (χ0v) is 10.0. The monoisotopic (exact) mass is 212 g/mol. The summed E-state index contributed by atoms with van der Waals surface area (Å²) < 4.78 is 5.36. The minimum Gasteiger partial charge on any atom is -0.381 e. The van der Waals surface area contributed by atoms with E-state index < -0.39 is 0 Å². The van der Waals surface area contributed by atoms with Crippen molar-refractivity contribution >= 4 is 0 Å². The van der Waals surface area contributed by atoms with E-state index in [2.05, 4.69) is 24.2 Å². The lowest BCUT2D eigenvalue weighted by Crippen LogP contribution is -2.40. The Morgan fingerprint density at radius 3 is 2.80 bits per heavy atom. The number of hydrogen-bond donors (Lipinski definition) is 1. The van der Waals surface area contributed by atoms with Gasteiger partial charge in [-0.3, -0.25) is 4.90 Å². The van der Waals surface area contributed by atoms with Gasteiger partial charge in [0.25, 0.3) is 0 Å². The molecule has 3 nitrogen and oxygen atoms in total. The lowest BCUT2D eigenvalue weighted by molar-refractivity contribution is 0.183. The van der Waals surface area contributed by atoms with E-state index in [1.165, 1.54) is 19.3 Å². The van der Waals surface area contributed by atoms with Gasteiger partial charge in [-0.2, -0.15) is 0 Å². The molecule has 2 fully saturated rings. The summed E-state index contributed by atoms with van der Waals surface area (Å²) in [5.74, 6) is 0.753. The van der Waals surface area contributed by atoms with E-state index in [1.807, 2.05) is 0 Å². The number of nitrogens with zero attached hydrogens (tertiary/aromatic N) is 1. The van der Waals surface area contributed by atoms with Crippen molar-refractivity contribution in [3.05, 3.63) is 0 Å². The molecule has 15 heavy (non-hydrogen) atoms. The summed E-state index contributed by atoms with van der Waals surface area (Å²) >= 11 is 0. The molecule has 2 aliphatic rings. The van der Waals surface area contributed by atoms with Gasteiger partial charge in [-0.15, -0.1) is 0 Å². The number of ether oxygens (including phenoxy) is 1. The van der Waals surface area contributed by atoms with Gasteiger partial charge in [0.15, 0.2) is 0 Å². The normalized spacial score (nSPS) is 28.6. The van der Waals surface area contributed by atoms with Gasteiger partial charge in [0, 0.05) is 31.8 Å². The second-order valence-corrected chi connectivity index (χ2v) is 5.13. The predicted molar refractivity (Wildman–Crippen MR) is 62.0 cm³/mol. The summed E-state index contributed by atoms with van der Waals surface area (Å²) in [5, 5.41) is 3.57. The molecule has 1 heterocycles. The molecular formula is C12H24N2O. The molecule has 1 saturated carbocycles. The molecule has 88 valence electrons. The van der Waals surface area contributed by atoms with Crippen molar-refractivity contribution in [3.8, 4) is 0 Å². The maximum Gasteiger partial charge on any atom is 0.0507 e. The van der Waals surface area contributed by atoms with Crippen LogP contribution in [0.4, 0.5) is 0 Å². The zero-order chi connectivity index (χ0) is 10.7. The van der Waals surface area contributed by atoms with E-state index in [4.69, 9.17) is 4.74 Å². The van der Waals surface area contributed by atoms with Gasteiger partial charge >= 0.3 is 0 Å². The molecule has 2 atom stereocenters. The summed E-state index contributed by atoms with van der Waals surface area (Å²) in [6.45, 7) is 6.48. The van der Waals surface area contributed by atoms with Crippen LogP contribution < -0.4 is 5.32 Å². The Kier molecular flexibility index (Phi) is 4.00. The van der Waals surface area contributed by atoms with Gasteiger partial charge in [-0.1, -0.05) is 0 Å². The maximum atomic E-state index is 5.36. The van der Waals surface area contributed by atoms with Crippen LogP contribution in [-0.4, -0.2) is 50.3 Å². The Morgan fingerprint density at radius 2 is 2.20 bits per heavy atom. The number of hydrogen-bond acceptors (Lipinski definition) is 3. The summed E-state index contributed by atoms with van der Waals surface area (Å²) in [7, 11) is 2.25. The molecule has 0 spiro atoms. The molecule has 0 aromatic heterocycles. The lowest BCUT2D eigenvalue weighted by atomic mass is 10.1. The van der Waals surface area contributed by atoms with Crippen LogP contribution in [0, 0.1) is 5.92 Å². The van der Waals surface area contributed by atoms with E-state index in [0.717, 1.165) is 38.3 Å². The van der Waals surface area contributed by atoms with Gasteiger partial charge in [-0.05, 0) is 39.2 Å². The number of rotatable bonds is 6. The van der Waals surface area contributed by atoms with Crippen LogP contribution in [-0.2, 0) is 4.74 Å². The third-order valence-corrected chi connectivity index (χ3v) is 3.71. The summed E-state index contributed by atoms with van der Waals surface area (Å²) in [6.07, 6.45) is 4.04. The largest absolute Gasteiger partial charge is 0.381 e. The van der Waals surface area contributed by atoms with Gasteiger partial charge in [0.05, 0.1) is 6.61 Å². The smallest absolute Gasteiger partial charge is 0.0507 e. The molecule has 0 bridgehead atoms. The highest BCUT2D eigenvalue weighted by atomic mass is 16.5. The van der Waals surface area contributed by atoms with Crippen molar-refractivity contribution in [2.24, 2.45) is 5.92 Å². The second-order valence-electron chi connectivity index (χ2n) is 5.13. The number of nitrogens with one attached hydrogen (secondary N) is 1. The maximum absolute atomic E-state index is 5.36. The first-order chi connectivity index (χ1) is 7.27. The molecule has 0 aromatic rings. The van der Waals surface area contributed by atoms with Crippen molar-refractivity contribution in [3.63, 3.8) is 0 Å². The van der Waals surface area contributed by atoms with Crippen molar-refractivity contribution in [2.75, 3.05) is 33.4 Å². The molecule has 0 radical (unpaired) electrons. The highest BCUT2D eigenvalue weighted by Crippen LogP contribution is 2.26. The minimum absolute atomic E-state index is 0.667. The summed E-state index contributed by atoms with van der Waals surface area (Å²) in [4.78, 5) is 2.51. The van der Waals surface area contributed by atoms with Crippen LogP contribution in [0.15, 0.2) is 0 Å². The van der Waals surface area contributed by atoms with Crippen molar-refractivity contribution in [1.82, 2.24) is 10.2 Å². The Labute approximate surface area is 93.2 Å². The highest BCUT2D eigenvalue weighted by Gasteiger charge is 2.28. The fraction of sp³-hybridized carbons (Fsp3) is 1.00. The minimum atomic E-state index is 0.667. The van der Waals surface area contributed by atoms with Crippen LogP contribution in [0.2, 0.25) is 0 Å². The Bertz CT molecular complexity index is 188. The Morgan fingerprint density at radius 1 is 1.40 bits per heavy atom. The van der Waals surface area contributed by atoms with E-state index in [-0.39, 0.29) is 0 Å². The van der Waals surface area contributed by atoms with Crippen molar-refractivity contribution in [1.29, 1.82) is 0 Å². The quantitative estimate of drug-likeness (QED) is 0.713. The molecule has 0 aromatic carbocycles. The number of likely N-dealkylation sites (N-methyl/N-ethyl adjacent to an activating group) is 1. The van der Waals surface area contributed by atoms with E-state index in [1.54, 1.807) is 0 Å². The van der Waals surface area contributed by atoms with Gasteiger partial charge in [-0.25, -0.2) is 0 Å². The van der Waals surface area contributed by atoms with Crippen LogP contribution in [0.1, 0.15) is 26.2 Å². The topological polar surface area (TPSA) is 24.5 Å². The Hall–Kier alpha value is -0.120. The van der Waals surface area contributed by atoms with E-state index in [0.29, 0.717) is 6.04 Å². The second kappa shape index (κ2) is 5.28. The average Bonchev–Trinajstić information content (AvgIpc) is 2.96. The summed E-state index contributed by atoms with van der Waals surface area (Å²) in [6, 6.07) is 1.54. The Balaban J connectivity index is 1.55. The molecular weight excluding hydrogens is 188 g/mol. The summed E-state index contributed by atoms with van der Waals surface area (Å²) in [5.41, 5.74) is 0. The predicted octanol–water partition coefficient (Wildman–Crippen LogP) is 1.10. The lowest BCUT2D eigenvalue weighted by Gasteiger charge is -2.25. The molecule has 2 unspecified atom stereocenters. The molecule has 3 heteroatoms. The van der Waals surface area contributed by atoms with Gasteiger partial charge in [0.2, 0.25) is 0 Å². The first-order valence-corrected chi connectivity index (χ1v) is 6.27. The van der Waals surface area contributed by atoms with Crippen LogP contribution in [0.5, 0.6) is 0 Å². The van der Waals surface area contributed by atoms with E-state index in [9.17, 15) is 0 Å². The molecule has 1 saturated heterocycles. The van der Waals surface area contributed by atoms with Crippen LogP contribution in [0.3, 0.4) is 0 Å². The van der Waals surface area contributed by atoms with Crippen molar-refractivity contribution in [2.45, 2.75) is 38.3 Å². The first-order valence-electron chi connectivity index (χ1n) is 6.27. The zero-order valence-electron chi connectivity index (χ0n) is 10.0. The van der Waals surface area contributed by atoms with E-state index >= 15 is 0 Å². The highest BCUT2D eigenvalue weighted by molar-refractivity contribution is 4.85. The van der Waals surface area contributed by atoms with Crippen molar-refractivity contribution < 1.29 is 4.74 Å². The fourth-order valence-electron chi connectivity index (χ4n) is 2.23.